The van der Waals surface area contributed by atoms with Gasteiger partial charge in [0.15, 0.2) is 0 Å². The van der Waals surface area contributed by atoms with Crippen molar-refractivity contribution in [1.82, 2.24) is 14.7 Å². The summed E-state index contributed by atoms with van der Waals surface area (Å²) < 4.78 is 0.833. The van der Waals surface area contributed by atoms with E-state index in [1.54, 1.807) is 7.05 Å². The molecule has 0 aliphatic rings. The monoisotopic (exact) mass is 325 g/mol. The van der Waals surface area contributed by atoms with Gasteiger partial charge in [-0.3, -0.25) is 9.89 Å². The van der Waals surface area contributed by atoms with Gasteiger partial charge >= 0.3 is 12.0 Å². The summed E-state index contributed by atoms with van der Waals surface area (Å²) in [6, 6.07) is 13.1. The molecule has 1 heterocycles. The van der Waals surface area contributed by atoms with Crippen molar-refractivity contribution in [1.29, 1.82) is 0 Å². The molecule has 0 unspecified atom stereocenters. The molecule has 0 saturated heterocycles. The van der Waals surface area contributed by atoms with E-state index in [4.69, 9.17) is 0 Å². The molecule has 3 aromatic rings. The van der Waals surface area contributed by atoms with Crippen LogP contribution in [0.5, 0.6) is 0 Å². The van der Waals surface area contributed by atoms with Crippen LogP contribution in [-0.4, -0.2) is 38.8 Å². The van der Waals surface area contributed by atoms with E-state index in [2.05, 4.69) is 5.10 Å². The van der Waals surface area contributed by atoms with Crippen LogP contribution >= 0.6 is 0 Å². The number of aromatic amines is 1. The minimum atomic E-state index is -1.17. The molecule has 0 spiro atoms. The number of aromatic nitrogens is 2. The predicted octanol–water partition coefficient (Wildman–Crippen LogP) is 2.13. The van der Waals surface area contributed by atoms with Crippen LogP contribution in [0.15, 0.2) is 53.3 Å². The highest BCUT2D eigenvalue weighted by molar-refractivity contribution is 6.02. The second kappa shape index (κ2) is 6.04. The molecule has 1 amide bonds. The Hall–Kier alpha value is -3.35. The number of carbonyl (C=O) groups is 2. The van der Waals surface area contributed by atoms with Gasteiger partial charge in [-0.15, -0.1) is 0 Å². The van der Waals surface area contributed by atoms with E-state index in [0.717, 1.165) is 10.2 Å². The number of fused-ring (bicyclic) bond motifs is 1. The molecule has 7 nitrogen and oxygen atoms in total. The van der Waals surface area contributed by atoms with Crippen molar-refractivity contribution in [3.8, 4) is 0 Å². The molecule has 3 rings (SSSR count). The van der Waals surface area contributed by atoms with Gasteiger partial charge in [0.05, 0.1) is 16.5 Å². The van der Waals surface area contributed by atoms with Gasteiger partial charge < -0.3 is 10.0 Å². The zero-order chi connectivity index (χ0) is 17.3. The number of carbonyl (C=O) groups excluding carboxylic acids is 1. The van der Waals surface area contributed by atoms with Gasteiger partial charge in [0.1, 0.15) is 0 Å². The average molecular weight is 325 g/mol. The molecule has 0 radical (unpaired) electrons. The molecule has 24 heavy (non-hydrogen) atoms. The molecule has 0 fully saturated rings. The van der Waals surface area contributed by atoms with Crippen molar-refractivity contribution in [3.05, 3.63) is 70.0 Å². The fourth-order valence-corrected chi connectivity index (χ4v) is 2.54. The van der Waals surface area contributed by atoms with Crippen molar-refractivity contribution in [2.45, 2.75) is 6.54 Å². The summed E-state index contributed by atoms with van der Waals surface area (Å²) in [4.78, 5) is 37.6. The topological polar surface area (TPSA) is 95.4 Å². The third-order valence-electron chi connectivity index (χ3n) is 3.73. The summed E-state index contributed by atoms with van der Waals surface area (Å²) in [5.74, 6) is -1.17. The van der Waals surface area contributed by atoms with Crippen LogP contribution in [0.1, 0.15) is 15.9 Å². The number of carboxylic acid groups (broad SMARTS) is 1. The lowest BCUT2D eigenvalue weighted by molar-refractivity contribution is 0.0698. The van der Waals surface area contributed by atoms with Crippen LogP contribution in [0.4, 0.5) is 4.79 Å². The predicted molar refractivity (Wildman–Crippen MR) is 88.2 cm³/mol. The van der Waals surface area contributed by atoms with E-state index < -0.39 is 17.6 Å². The Labute approximate surface area is 136 Å². The first-order valence-corrected chi connectivity index (χ1v) is 7.25. The maximum absolute atomic E-state index is 12.5. The highest BCUT2D eigenvalue weighted by Gasteiger charge is 2.20. The van der Waals surface area contributed by atoms with Gasteiger partial charge in [0.25, 0.3) is 5.56 Å². The third-order valence-corrected chi connectivity index (χ3v) is 3.73. The maximum Gasteiger partial charge on any atom is 0.346 e. The van der Waals surface area contributed by atoms with Gasteiger partial charge in [-0.25, -0.2) is 9.59 Å². The quantitative estimate of drug-likeness (QED) is 0.771. The Morgan fingerprint density at radius 2 is 1.83 bits per heavy atom. The summed E-state index contributed by atoms with van der Waals surface area (Å²) in [6.45, 7) is 0.327. The van der Waals surface area contributed by atoms with Crippen LogP contribution in [0.25, 0.3) is 10.9 Å². The smallest absolute Gasteiger partial charge is 0.346 e. The van der Waals surface area contributed by atoms with Gasteiger partial charge in [0, 0.05) is 13.6 Å². The summed E-state index contributed by atoms with van der Waals surface area (Å²) in [5.41, 5.74) is 0.431. The highest BCUT2D eigenvalue weighted by Crippen LogP contribution is 2.14. The van der Waals surface area contributed by atoms with Crippen LogP contribution in [0, 0.1) is 0 Å². The Morgan fingerprint density at radius 3 is 2.50 bits per heavy atom. The molecule has 0 aliphatic heterocycles. The molecule has 0 aliphatic carbocycles. The number of hydrogen-bond acceptors (Lipinski definition) is 3. The number of H-pyrrole nitrogens is 1. The maximum atomic E-state index is 12.5. The SMILES string of the molecule is CN(Cc1ccccc1)C(=O)n1[nH]c2c(C(=O)O)cccc2c1=O. The van der Waals surface area contributed by atoms with E-state index in [0.29, 0.717) is 6.54 Å². The summed E-state index contributed by atoms with van der Waals surface area (Å²) in [5, 5.41) is 12.0. The van der Waals surface area contributed by atoms with Crippen molar-refractivity contribution >= 4 is 22.9 Å². The Morgan fingerprint density at radius 1 is 1.12 bits per heavy atom. The number of hydrogen-bond donors (Lipinski definition) is 2. The molecule has 0 atom stereocenters. The fourth-order valence-electron chi connectivity index (χ4n) is 2.54. The summed E-state index contributed by atoms with van der Waals surface area (Å²) in [7, 11) is 1.57. The minimum Gasteiger partial charge on any atom is -0.478 e. The van der Waals surface area contributed by atoms with E-state index >= 15 is 0 Å². The number of nitrogens with one attached hydrogen (secondary N) is 1. The van der Waals surface area contributed by atoms with E-state index in [-0.39, 0.29) is 16.5 Å². The minimum absolute atomic E-state index is 0.0538. The second-order valence-electron chi connectivity index (χ2n) is 5.41. The van der Waals surface area contributed by atoms with Gasteiger partial charge in [-0.2, -0.15) is 4.68 Å². The average Bonchev–Trinajstić information content (AvgIpc) is 2.92. The van der Waals surface area contributed by atoms with Crippen LogP contribution in [0.2, 0.25) is 0 Å². The highest BCUT2D eigenvalue weighted by atomic mass is 16.4. The molecule has 1 aromatic heterocycles. The summed E-state index contributed by atoms with van der Waals surface area (Å²) in [6.07, 6.45) is 0. The normalized spacial score (nSPS) is 10.7. The number of para-hydroxylation sites is 1. The number of amides is 1. The molecule has 0 bridgehead atoms. The van der Waals surface area contributed by atoms with E-state index in [9.17, 15) is 19.5 Å². The van der Waals surface area contributed by atoms with Crippen molar-refractivity contribution < 1.29 is 14.7 Å². The number of carboxylic acids is 1. The van der Waals surface area contributed by atoms with E-state index in [1.165, 1.54) is 23.1 Å². The molecule has 2 aromatic carbocycles. The Balaban J connectivity index is 1.98. The number of rotatable bonds is 3. The van der Waals surface area contributed by atoms with Crippen molar-refractivity contribution in [2.24, 2.45) is 0 Å². The molecule has 7 heteroatoms. The Bertz CT molecular complexity index is 972. The standard InChI is InChI=1S/C17H15N3O4/c1-19(10-11-6-3-2-4-7-11)17(24)20-15(21)12-8-5-9-13(16(22)23)14(12)18-20/h2-9,18H,10H2,1H3,(H,22,23). The van der Waals surface area contributed by atoms with Gasteiger partial charge in [-0.05, 0) is 17.7 Å². The molecule has 0 saturated carbocycles. The third kappa shape index (κ3) is 2.67. The van der Waals surface area contributed by atoms with Crippen LogP contribution in [-0.2, 0) is 6.54 Å². The zero-order valence-electron chi connectivity index (χ0n) is 12.9. The van der Waals surface area contributed by atoms with Gasteiger partial charge in [0.2, 0.25) is 0 Å². The van der Waals surface area contributed by atoms with Crippen LogP contribution < -0.4 is 5.56 Å². The molecular weight excluding hydrogens is 310 g/mol. The summed E-state index contributed by atoms with van der Waals surface area (Å²) >= 11 is 0. The van der Waals surface area contributed by atoms with Gasteiger partial charge in [-0.1, -0.05) is 36.4 Å². The molecular formula is C17H15N3O4. The lowest BCUT2D eigenvalue weighted by Crippen LogP contribution is -2.36. The Kier molecular flexibility index (Phi) is 3.91. The lowest BCUT2D eigenvalue weighted by Gasteiger charge is -2.16. The first-order chi connectivity index (χ1) is 11.5. The molecule has 2 N–H and O–H groups in total. The van der Waals surface area contributed by atoms with E-state index in [1.807, 2.05) is 30.3 Å². The second-order valence-corrected chi connectivity index (χ2v) is 5.41. The largest absolute Gasteiger partial charge is 0.478 e. The fraction of sp³-hybridized carbons (Fsp3) is 0.118. The number of benzene rings is 2. The van der Waals surface area contributed by atoms with Crippen molar-refractivity contribution in [2.75, 3.05) is 7.05 Å². The van der Waals surface area contributed by atoms with Crippen molar-refractivity contribution in [3.63, 3.8) is 0 Å². The molecule has 122 valence electrons. The lowest BCUT2D eigenvalue weighted by atomic mass is 10.1. The first-order valence-electron chi connectivity index (χ1n) is 7.25. The first kappa shape index (κ1) is 15.5. The number of nitrogens with zero attached hydrogens (tertiary/aromatic N) is 2. The van der Waals surface area contributed by atoms with Crippen LogP contribution in [0.3, 0.4) is 0 Å². The zero-order valence-corrected chi connectivity index (χ0v) is 12.9. The number of aromatic carboxylic acids is 1.